The molecule has 0 spiro atoms. The van der Waals surface area contributed by atoms with Crippen molar-refractivity contribution in [1.29, 1.82) is 0 Å². The van der Waals surface area contributed by atoms with E-state index in [0.717, 1.165) is 23.6 Å². The molecule has 28 heavy (non-hydrogen) atoms. The Bertz CT molecular complexity index is 850. The number of ether oxygens (including phenoxy) is 2. The lowest BCUT2D eigenvalue weighted by atomic mass is 10.1. The lowest BCUT2D eigenvalue weighted by Gasteiger charge is -2.32. The van der Waals surface area contributed by atoms with Gasteiger partial charge in [0, 0.05) is 17.3 Å². The van der Waals surface area contributed by atoms with Crippen LogP contribution in [-0.4, -0.2) is 28.1 Å². The van der Waals surface area contributed by atoms with Crippen molar-refractivity contribution in [1.82, 2.24) is 9.97 Å². The smallest absolute Gasteiger partial charge is 0.433 e. The largest absolute Gasteiger partial charge is 0.444 e. The minimum atomic E-state index is -4.55. The first kappa shape index (κ1) is 21.9. The van der Waals surface area contributed by atoms with Crippen LogP contribution < -0.4 is 9.64 Å². The van der Waals surface area contributed by atoms with Gasteiger partial charge >= 0.3 is 12.3 Å². The third-order valence-corrected chi connectivity index (χ3v) is 4.52. The third-order valence-electron chi connectivity index (χ3n) is 3.22. The zero-order chi connectivity index (χ0) is 21.1. The summed E-state index contributed by atoms with van der Waals surface area (Å²) >= 11 is 6.75. The van der Waals surface area contributed by atoms with Crippen LogP contribution in [-0.2, 0) is 22.3 Å². The Balaban J connectivity index is 2.16. The maximum absolute atomic E-state index is 12.6. The van der Waals surface area contributed by atoms with Crippen molar-refractivity contribution >= 4 is 40.6 Å². The molecule has 0 aliphatic carbocycles. The van der Waals surface area contributed by atoms with Crippen LogP contribution in [0.4, 0.5) is 23.1 Å². The zero-order valence-electron chi connectivity index (χ0n) is 14.9. The molecule has 0 fully saturated rings. The summed E-state index contributed by atoms with van der Waals surface area (Å²) in [6.07, 6.45) is -4.38. The fourth-order valence-corrected chi connectivity index (χ4v) is 3.27. The van der Waals surface area contributed by atoms with Crippen molar-refractivity contribution < 1.29 is 32.2 Å². The Kier molecular flexibility index (Phi) is 6.50. The lowest BCUT2D eigenvalue weighted by Crippen LogP contribution is -2.46. The number of thiazole rings is 1. The van der Waals surface area contributed by atoms with E-state index < -0.39 is 23.5 Å². The van der Waals surface area contributed by atoms with Gasteiger partial charge in [-0.05, 0) is 26.8 Å². The van der Waals surface area contributed by atoms with Crippen LogP contribution in [0.5, 0.6) is 5.06 Å². The first-order chi connectivity index (χ1) is 12.9. The molecule has 0 aliphatic rings. The third kappa shape index (κ3) is 5.32. The van der Waals surface area contributed by atoms with Crippen LogP contribution in [0.15, 0.2) is 18.3 Å². The molecule has 0 aliphatic heterocycles. The van der Waals surface area contributed by atoms with Gasteiger partial charge in [0.05, 0.1) is 0 Å². The first-order valence-corrected chi connectivity index (χ1v) is 8.88. The van der Waals surface area contributed by atoms with Gasteiger partial charge in [-0.3, -0.25) is 9.78 Å². The molecule has 0 saturated carbocycles. The molecule has 2 aromatic heterocycles. The van der Waals surface area contributed by atoms with Crippen molar-refractivity contribution in [3.63, 3.8) is 0 Å². The normalized spacial score (nSPS) is 11.8. The van der Waals surface area contributed by atoms with Crippen molar-refractivity contribution in [3.05, 3.63) is 34.7 Å². The molecule has 0 bridgehead atoms. The number of nitrogens with zero attached hydrogens (tertiary/aromatic N) is 3. The van der Waals surface area contributed by atoms with E-state index in [1.165, 1.54) is 11.0 Å². The van der Waals surface area contributed by atoms with Gasteiger partial charge in [0.25, 0.3) is 6.47 Å². The van der Waals surface area contributed by atoms with E-state index >= 15 is 0 Å². The van der Waals surface area contributed by atoms with E-state index in [2.05, 4.69) is 9.97 Å². The Hall–Kier alpha value is -2.40. The van der Waals surface area contributed by atoms with Gasteiger partial charge in [-0.25, -0.2) is 14.7 Å². The second kappa shape index (κ2) is 8.31. The molecule has 152 valence electrons. The fraction of sp³-hybridized carbons (Fsp3) is 0.375. The summed E-state index contributed by atoms with van der Waals surface area (Å²) in [4.78, 5) is 31.6. The molecule has 0 unspecified atom stereocenters. The predicted octanol–water partition coefficient (Wildman–Crippen LogP) is 4.69. The fourth-order valence-electron chi connectivity index (χ4n) is 2.02. The molecule has 1 amide bonds. The van der Waals surface area contributed by atoms with Crippen molar-refractivity contribution in [3.8, 4) is 5.06 Å². The van der Waals surface area contributed by atoms with Gasteiger partial charge in [-0.2, -0.15) is 13.2 Å². The van der Waals surface area contributed by atoms with E-state index in [0.29, 0.717) is 0 Å². The van der Waals surface area contributed by atoms with Gasteiger partial charge in [-0.1, -0.05) is 29.0 Å². The molecular weight excluding hydrogens is 423 g/mol. The molecule has 0 atom stereocenters. The quantitative estimate of drug-likeness (QED) is 0.631. The predicted molar refractivity (Wildman–Crippen MR) is 95.5 cm³/mol. The van der Waals surface area contributed by atoms with Crippen LogP contribution >= 0.6 is 22.9 Å². The Labute approximate surface area is 167 Å². The van der Waals surface area contributed by atoms with Crippen LogP contribution in [0.25, 0.3) is 0 Å². The molecule has 0 N–H and O–H groups in total. The van der Waals surface area contributed by atoms with Gasteiger partial charge in [0.15, 0.2) is 10.3 Å². The lowest BCUT2D eigenvalue weighted by molar-refractivity contribution is -0.141. The number of anilines is 1. The van der Waals surface area contributed by atoms with Gasteiger partial charge in [0.1, 0.15) is 12.3 Å². The average Bonchev–Trinajstić information content (AvgIpc) is 2.92. The van der Waals surface area contributed by atoms with Crippen LogP contribution in [0, 0.1) is 0 Å². The molecule has 12 heteroatoms. The summed E-state index contributed by atoms with van der Waals surface area (Å²) in [7, 11) is 0. The maximum Gasteiger partial charge on any atom is 0.433 e. The van der Waals surface area contributed by atoms with E-state index in [4.69, 9.17) is 21.1 Å². The first-order valence-electron chi connectivity index (χ1n) is 7.69. The number of alkyl halides is 3. The van der Waals surface area contributed by atoms with E-state index in [-0.39, 0.29) is 34.0 Å². The number of hydrogen-bond acceptors (Lipinski definition) is 7. The van der Waals surface area contributed by atoms with Crippen LogP contribution in [0.3, 0.4) is 0 Å². The molecule has 2 heterocycles. The van der Waals surface area contributed by atoms with Crippen molar-refractivity contribution in [2.24, 2.45) is 0 Å². The van der Waals surface area contributed by atoms with Gasteiger partial charge in [-0.15, -0.1) is 0 Å². The Morgan fingerprint density at radius 1 is 1.32 bits per heavy atom. The number of rotatable bonds is 5. The van der Waals surface area contributed by atoms with Crippen molar-refractivity contribution in [2.75, 3.05) is 4.90 Å². The van der Waals surface area contributed by atoms with Gasteiger partial charge < -0.3 is 9.47 Å². The number of carbonyl (C=O) groups is 2. The minimum Gasteiger partial charge on any atom is -0.444 e. The highest BCUT2D eigenvalue weighted by molar-refractivity contribution is 7.18. The number of carbonyl (C=O) groups excluding carboxylic acids is 2. The van der Waals surface area contributed by atoms with Crippen LogP contribution in [0.1, 0.15) is 32.0 Å². The summed E-state index contributed by atoms with van der Waals surface area (Å²) in [6, 6.07) is 1.97. The Morgan fingerprint density at radius 2 is 2.00 bits per heavy atom. The highest BCUT2D eigenvalue weighted by Crippen LogP contribution is 2.39. The summed E-state index contributed by atoms with van der Waals surface area (Å²) in [5.74, 6) is 0. The summed E-state index contributed by atoms with van der Waals surface area (Å²) < 4.78 is 47.5. The van der Waals surface area contributed by atoms with E-state index in [9.17, 15) is 22.8 Å². The highest BCUT2D eigenvalue weighted by Gasteiger charge is 2.34. The number of halogens is 4. The second-order valence-electron chi connectivity index (χ2n) is 6.40. The van der Waals surface area contributed by atoms with Crippen LogP contribution in [0.2, 0.25) is 5.15 Å². The summed E-state index contributed by atoms with van der Waals surface area (Å²) in [5, 5.41) is 0.0478. The molecule has 0 radical (unpaired) electrons. The standard InChI is InChI=1S/C16H15ClF3N3O4S/c1-15(2,3)23(13-22-11(17)12(28-13)27-8-24)14(25)26-7-9-4-5-10(21-6-9)16(18,19)20/h4-6,8H,7H2,1-3H3. The molecule has 2 rings (SSSR count). The topological polar surface area (TPSA) is 81.6 Å². The average molecular weight is 438 g/mol. The minimum absolute atomic E-state index is 0.0145. The van der Waals surface area contributed by atoms with Crippen molar-refractivity contribution in [2.45, 2.75) is 39.1 Å². The molecular formula is C16H15ClF3N3O4S. The number of aromatic nitrogens is 2. The number of pyridine rings is 1. The Morgan fingerprint density at radius 3 is 2.50 bits per heavy atom. The van der Waals surface area contributed by atoms with E-state index in [1.54, 1.807) is 20.8 Å². The van der Waals surface area contributed by atoms with Gasteiger partial charge in [0.2, 0.25) is 5.06 Å². The summed E-state index contributed by atoms with van der Waals surface area (Å²) in [5.41, 5.74) is -1.55. The molecule has 7 nitrogen and oxygen atoms in total. The molecule has 0 aromatic carbocycles. The number of hydrogen-bond donors (Lipinski definition) is 0. The second-order valence-corrected chi connectivity index (χ2v) is 7.70. The SMILES string of the molecule is CC(C)(C)N(C(=O)OCc1ccc(C(F)(F)F)nc1)c1nc(Cl)c(OC=O)s1. The number of amides is 1. The van der Waals surface area contributed by atoms with E-state index in [1.807, 2.05) is 0 Å². The monoisotopic (exact) mass is 437 g/mol. The molecule has 2 aromatic rings. The highest BCUT2D eigenvalue weighted by atomic mass is 35.5. The summed E-state index contributed by atoms with van der Waals surface area (Å²) in [6.45, 7) is 5.02. The zero-order valence-corrected chi connectivity index (χ0v) is 16.5. The molecule has 0 saturated heterocycles. The maximum atomic E-state index is 12.6.